The standard InChI is InChI=1S/C15H30N2O/c1-14(18)6-5-9-16-12-7-15(8-13-16)17-10-3-2-4-11-17/h14-15,18H,2-13H2,1H3. The van der Waals surface area contributed by atoms with Crippen molar-refractivity contribution in [2.75, 3.05) is 32.7 Å². The minimum atomic E-state index is -0.129. The summed E-state index contributed by atoms with van der Waals surface area (Å²) in [5.41, 5.74) is 0. The topological polar surface area (TPSA) is 26.7 Å². The van der Waals surface area contributed by atoms with Gasteiger partial charge in [-0.05, 0) is 78.2 Å². The van der Waals surface area contributed by atoms with Crippen molar-refractivity contribution < 1.29 is 5.11 Å². The molecule has 2 heterocycles. The van der Waals surface area contributed by atoms with E-state index >= 15 is 0 Å². The smallest absolute Gasteiger partial charge is 0.0512 e. The molecule has 0 radical (unpaired) electrons. The van der Waals surface area contributed by atoms with Crippen LogP contribution in [-0.4, -0.2) is 59.8 Å². The summed E-state index contributed by atoms with van der Waals surface area (Å²) < 4.78 is 0. The first-order valence-corrected chi connectivity index (χ1v) is 7.90. The quantitative estimate of drug-likeness (QED) is 0.814. The molecule has 18 heavy (non-hydrogen) atoms. The van der Waals surface area contributed by atoms with Gasteiger partial charge >= 0.3 is 0 Å². The van der Waals surface area contributed by atoms with Gasteiger partial charge in [-0.3, -0.25) is 0 Å². The van der Waals surface area contributed by atoms with Crippen molar-refractivity contribution in [3.8, 4) is 0 Å². The summed E-state index contributed by atoms with van der Waals surface area (Å²) in [5, 5.41) is 9.27. The molecule has 0 aromatic rings. The van der Waals surface area contributed by atoms with Crippen LogP contribution >= 0.6 is 0 Å². The van der Waals surface area contributed by atoms with Crippen LogP contribution in [0.5, 0.6) is 0 Å². The van der Waals surface area contributed by atoms with E-state index in [9.17, 15) is 5.11 Å². The fraction of sp³-hybridized carbons (Fsp3) is 1.00. The van der Waals surface area contributed by atoms with Gasteiger partial charge in [-0.25, -0.2) is 0 Å². The summed E-state index contributed by atoms with van der Waals surface area (Å²) in [5.74, 6) is 0. The molecule has 0 spiro atoms. The summed E-state index contributed by atoms with van der Waals surface area (Å²) in [6.45, 7) is 8.28. The van der Waals surface area contributed by atoms with Gasteiger partial charge in [0.15, 0.2) is 0 Å². The van der Waals surface area contributed by atoms with E-state index in [1.54, 1.807) is 0 Å². The van der Waals surface area contributed by atoms with Crippen molar-refractivity contribution in [1.82, 2.24) is 9.80 Å². The minimum absolute atomic E-state index is 0.129. The van der Waals surface area contributed by atoms with Crippen LogP contribution in [0, 0.1) is 0 Å². The van der Waals surface area contributed by atoms with Crippen LogP contribution in [0.3, 0.4) is 0 Å². The van der Waals surface area contributed by atoms with Gasteiger partial charge in [0, 0.05) is 6.04 Å². The van der Waals surface area contributed by atoms with E-state index in [1.165, 1.54) is 64.8 Å². The van der Waals surface area contributed by atoms with Crippen molar-refractivity contribution >= 4 is 0 Å². The molecule has 0 bridgehead atoms. The monoisotopic (exact) mass is 254 g/mol. The Morgan fingerprint density at radius 3 is 2.33 bits per heavy atom. The molecule has 0 amide bonds. The molecular weight excluding hydrogens is 224 g/mol. The molecule has 0 aliphatic carbocycles. The van der Waals surface area contributed by atoms with Gasteiger partial charge in [0.1, 0.15) is 0 Å². The van der Waals surface area contributed by atoms with Crippen molar-refractivity contribution in [3.05, 3.63) is 0 Å². The Balaban J connectivity index is 1.61. The van der Waals surface area contributed by atoms with Crippen molar-refractivity contribution in [3.63, 3.8) is 0 Å². The Morgan fingerprint density at radius 2 is 1.72 bits per heavy atom. The zero-order chi connectivity index (χ0) is 12.8. The van der Waals surface area contributed by atoms with Gasteiger partial charge in [0.05, 0.1) is 6.10 Å². The highest BCUT2D eigenvalue weighted by Gasteiger charge is 2.25. The van der Waals surface area contributed by atoms with E-state index < -0.39 is 0 Å². The molecule has 106 valence electrons. The molecule has 1 N–H and O–H groups in total. The maximum atomic E-state index is 9.27. The van der Waals surface area contributed by atoms with E-state index in [-0.39, 0.29) is 6.10 Å². The second-order valence-corrected chi connectivity index (χ2v) is 6.16. The fourth-order valence-corrected chi connectivity index (χ4v) is 3.40. The molecule has 3 nitrogen and oxygen atoms in total. The normalized spacial score (nSPS) is 26.3. The number of piperidine rings is 2. The fourth-order valence-electron chi connectivity index (χ4n) is 3.40. The molecule has 2 aliphatic heterocycles. The first-order valence-electron chi connectivity index (χ1n) is 7.90. The molecule has 2 rings (SSSR count). The molecule has 2 fully saturated rings. The Kier molecular flexibility index (Phi) is 5.93. The average Bonchev–Trinajstić information content (AvgIpc) is 2.40. The Hall–Kier alpha value is -0.120. The van der Waals surface area contributed by atoms with Gasteiger partial charge in [-0.1, -0.05) is 6.42 Å². The summed E-state index contributed by atoms with van der Waals surface area (Å²) >= 11 is 0. The van der Waals surface area contributed by atoms with Gasteiger partial charge in [-0.2, -0.15) is 0 Å². The maximum absolute atomic E-state index is 9.27. The summed E-state index contributed by atoms with van der Waals surface area (Å²) in [6.07, 6.45) is 8.94. The van der Waals surface area contributed by atoms with Crippen molar-refractivity contribution in [1.29, 1.82) is 0 Å². The number of likely N-dealkylation sites (tertiary alicyclic amines) is 2. The first-order chi connectivity index (χ1) is 8.75. The molecule has 2 saturated heterocycles. The largest absolute Gasteiger partial charge is 0.393 e. The van der Waals surface area contributed by atoms with Crippen LogP contribution in [0.2, 0.25) is 0 Å². The highest BCUT2D eigenvalue weighted by molar-refractivity contribution is 4.81. The third-order valence-electron chi connectivity index (χ3n) is 4.56. The highest BCUT2D eigenvalue weighted by Crippen LogP contribution is 2.21. The Morgan fingerprint density at radius 1 is 1.06 bits per heavy atom. The molecule has 1 atom stereocenters. The van der Waals surface area contributed by atoms with E-state index in [4.69, 9.17) is 0 Å². The number of aliphatic hydroxyl groups is 1. The number of rotatable bonds is 5. The van der Waals surface area contributed by atoms with E-state index in [0.717, 1.165) is 18.9 Å². The van der Waals surface area contributed by atoms with Crippen molar-refractivity contribution in [2.24, 2.45) is 0 Å². The second kappa shape index (κ2) is 7.46. The van der Waals surface area contributed by atoms with Crippen LogP contribution in [0.4, 0.5) is 0 Å². The maximum Gasteiger partial charge on any atom is 0.0512 e. The van der Waals surface area contributed by atoms with Gasteiger partial charge in [-0.15, -0.1) is 0 Å². The molecule has 0 aromatic heterocycles. The van der Waals surface area contributed by atoms with Crippen LogP contribution < -0.4 is 0 Å². The van der Waals surface area contributed by atoms with E-state index in [0.29, 0.717) is 0 Å². The van der Waals surface area contributed by atoms with Crippen LogP contribution in [0.1, 0.15) is 51.9 Å². The molecule has 1 unspecified atom stereocenters. The molecule has 2 aliphatic rings. The van der Waals surface area contributed by atoms with Crippen LogP contribution in [-0.2, 0) is 0 Å². The molecule has 0 saturated carbocycles. The van der Waals surface area contributed by atoms with Crippen LogP contribution in [0.15, 0.2) is 0 Å². The third-order valence-corrected chi connectivity index (χ3v) is 4.56. The van der Waals surface area contributed by atoms with Gasteiger partial charge in [0.2, 0.25) is 0 Å². The summed E-state index contributed by atoms with van der Waals surface area (Å²) in [6, 6.07) is 0.860. The second-order valence-electron chi connectivity index (χ2n) is 6.16. The predicted octanol–water partition coefficient (Wildman–Crippen LogP) is 2.10. The zero-order valence-electron chi connectivity index (χ0n) is 12.0. The highest BCUT2D eigenvalue weighted by atomic mass is 16.3. The van der Waals surface area contributed by atoms with Crippen molar-refractivity contribution in [2.45, 2.75) is 64.0 Å². The molecule has 3 heteroatoms. The number of aliphatic hydroxyl groups excluding tert-OH is 1. The third kappa shape index (κ3) is 4.52. The summed E-state index contributed by atoms with van der Waals surface area (Å²) in [7, 11) is 0. The lowest BCUT2D eigenvalue weighted by molar-refractivity contribution is 0.0891. The first kappa shape index (κ1) is 14.3. The minimum Gasteiger partial charge on any atom is -0.393 e. The van der Waals surface area contributed by atoms with E-state index in [1.807, 2.05) is 6.92 Å². The molecule has 0 aromatic carbocycles. The lowest BCUT2D eigenvalue weighted by Crippen LogP contribution is -2.46. The number of hydrogen-bond donors (Lipinski definition) is 1. The predicted molar refractivity (Wildman–Crippen MR) is 75.8 cm³/mol. The number of nitrogens with zero attached hydrogens (tertiary/aromatic N) is 2. The average molecular weight is 254 g/mol. The van der Waals surface area contributed by atoms with Crippen LogP contribution in [0.25, 0.3) is 0 Å². The Bertz CT molecular complexity index is 219. The zero-order valence-corrected chi connectivity index (χ0v) is 12.0. The SMILES string of the molecule is CC(O)CCCN1CCC(N2CCCCC2)CC1. The van der Waals surface area contributed by atoms with Gasteiger partial charge in [0.25, 0.3) is 0 Å². The lowest BCUT2D eigenvalue weighted by Gasteiger charge is -2.40. The lowest BCUT2D eigenvalue weighted by atomic mass is 9.99. The Labute approximate surface area is 112 Å². The van der Waals surface area contributed by atoms with E-state index in [2.05, 4.69) is 9.80 Å². The number of hydrogen-bond acceptors (Lipinski definition) is 3. The van der Waals surface area contributed by atoms with Gasteiger partial charge < -0.3 is 14.9 Å². The summed E-state index contributed by atoms with van der Waals surface area (Å²) in [4.78, 5) is 5.32. The molecular formula is C15H30N2O.